The lowest BCUT2D eigenvalue weighted by molar-refractivity contribution is 0.000369. The summed E-state index contributed by atoms with van der Waals surface area (Å²) in [6, 6.07) is 6.35. The molecule has 1 aromatic rings. The van der Waals surface area contributed by atoms with Gasteiger partial charge in [0.15, 0.2) is 5.78 Å². The first-order valence-electron chi connectivity index (χ1n) is 4.72. The third-order valence-corrected chi connectivity index (χ3v) is 2.56. The Bertz CT molecular complexity index is 385. The number of allylic oxidation sites excluding steroid dienone is 1. The number of benzene rings is 1. The smallest absolute Gasteiger partial charge is 0.258 e. The molecule has 0 atom stereocenters. The van der Waals surface area contributed by atoms with E-state index in [-0.39, 0.29) is 0 Å². The van der Waals surface area contributed by atoms with Crippen molar-refractivity contribution in [2.24, 2.45) is 0 Å². The summed E-state index contributed by atoms with van der Waals surface area (Å²) in [5, 5.41) is 0. The van der Waals surface area contributed by atoms with Gasteiger partial charge < -0.3 is 0 Å². The van der Waals surface area contributed by atoms with Gasteiger partial charge in [-0.15, -0.1) is 6.58 Å². The van der Waals surface area contributed by atoms with Crippen molar-refractivity contribution in [2.75, 3.05) is 0 Å². The van der Waals surface area contributed by atoms with Crippen molar-refractivity contribution >= 4 is 21.7 Å². The molecule has 0 amide bonds. The summed E-state index contributed by atoms with van der Waals surface area (Å²) in [7, 11) is 0. The van der Waals surface area contributed by atoms with Crippen molar-refractivity contribution < 1.29 is 13.6 Å². The second kappa shape index (κ2) is 5.34. The normalized spacial score (nSPS) is 11.2. The van der Waals surface area contributed by atoms with E-state index in [9.17, 15) is 13.6 Å². The maximum atomic E-state index is 13.1. The molecule has 4 heteroatoms. The van der Waals surface area contributed by atoms with Crippen molar-refractivity contribution in [3.8, 4) is 0 Å². The highest BCUT2D eigenvalue weighted by Gasteiger charge is 2.30. The second-order valence-corrected chi connectivity index (χ2v) is 4.37. The molecule has 0 aliphatic rings. The number of alkyl halides is 2. The van der Waals surface area contributed by atoms with E-state index in [1.807, 2.05) is 0 Å². The van der Waals surface area contributed by atoms with E-state index in [0.29, 0.717) is 5.56 Å². The lowest BCUT2D eigenvalue weighted by atomic mass is 10.0. The third kappa shape index (κ3) is 3.85. The molecule has 0 heterocycles. The summed E-state index contributed by atoms with van der Waals surface area (Å²) in [6.07, 6.45) is -0.134. The van der Waals surface area contributed by atoms with E-state index < -0.39 is 24.5 Å². The van der Waals surface area contributed by atoms with Crippen LogP contribution in [0.1, 0.15) is 23.2 Å². The van der Waals surface area contributed by atoms with Crippen molar-refractivity contribution in [1.82, 2.24) is 0 Å². The molecule has 0 aliphatic carbocycles. The summed E-state index contributed by atoms with van der Waals surface area (Å²) < 4.78 is 27.1. The van der Waals surface area contributed by atoms with Gasteiger partial charge in [0.1, 0.15) is 0 Å². The molecule has 0 N–H and O–H groups in total. The van der Waals surface area contributed by atoms with Crippen molar-refractivity contribution in [2.45, 2.75) is 18.8 Å². The summed E-state index contributed by atoms with van der Waals surface area (Å²) in [5.41, 5.74) is 0.298. The molecule has 0 saturated carbocycles. The number of carbonyl (C=O) groups is 1. The molecule has 1 rings (SSSR count). The van der Waals surface area contributed by atoms with Gasteiger partial charge in [-0.25, -0.2) is 8.78 Å². The van der Waals surface area contributed by atoms with Gasteiger partial charge in [0, 0.05) is 16.5 Å². The van der Waals surface area contributed by atoms with Crippen LogP contribution >= 0.6 is 15.9 Å². The van der Waals surface area contributed by atoms with Crippen LogP contribution in [0.15, 0.2) is 41.4 Å². The van der Waals surface area contributed by atoms with Gasteiger partial charge in [0.25, 0.3) is 5.92 Å². The summed E-state index contributed by atoms with van der Waals surface area (Å²) >= 11 is 3.21. The van der Waals surface area contributed by atoms with Crippen LogP contribution < -0.4 is 0 Å². The molecular weight excluding hydrogens is 278 g/mol. The zero-order chi connectivity index (χ0) is 12.2. The molecule has 1 nitrogen and oxygen atoms in total. The minimum atomic E-state index is -3.01. The Morgan fingerprint density at radius 3 is 2.44 bits per heavy atom. The molecule has 0 bridgehead atoms. The molecule has 0 radical (unpaired) electrons. The van der Waals surface area contributed by atoms with Crippen LogP contribution in [-0.2, 0) is 0 Å². The Morgan fingerprint density at radius 1 is 1.38 bits per heavy atom. The SMILES string of the molecule is C=CCC(F)(F)CC(=O)c1ccc(Br)cc1. The van der Waals surface area contributed by atoms with Gasteiger partial charge in [-0.1, -0.05) is 34.1 Å². The Hall–Kier alpha value is -1.03. The topological polar surface area (TPSA) is 17.1 Å². The average Bonchev–Trinajstić information content (AvgIpc) is 2.17. The quantitative estimate of drug-likeness (QED) is 0.585. The van der Waals surface area contributed by atoms with Crippen LogP contribution in [0.2, 0.25) is 0 Å². The number of hydrogen-bond donors (Lipinski definition) is 0. The largest absolute Gasteiger partial charge is 0.294 e. The minimum absolute atomic E-state index is 0.298. The molecule has 16 heavy (non-hydrogen) atoms. The summed E-state index contributed by atoms with van der Waals surface area (Å²) in [6.45, 7) is 3.24. The highest BCUT2D eigenvalue weighted by Crippen LogP contribution is 2.25. The lowest BCUT2D eigenvalue weighted by Crippen LogP contribution is -2.20. The summed E-state index contributed by atoms with van der Waals surface area (Å²) in [4.78, 5) is 11.5. The standard InChI is InChI=1S/C12H11BrF2O/c1-2-7-12(14,15)8-11(16)9-3-5-10(13)6-4-9/h2-6H,1,7-8H2. The van der Waals surface area contributed by atoms with E-state index >= 15 is 0 Å². The number of Topliss-reactive ketones (excluding diaryl/α,β-unsaturated/α-hetero) is 1. The highest BCUT2D eigenvalue weighted by molar-refractivity contribution is 9.10. The van der Waals surface area contributed by atoms with Gasteiger partial charge in [-0.2, -0.15) is 0 Å². The highest BCUT2D eigenvalue weighted by atomic mass is 79.9. The molecule has 0 spiro atoms. The minimum Gasteiger partial charge on any atom is -0.294 e. The van der Waals surface area contributed by atoms with E-state index in [1.165, 1.54) is 12.1 Å². The van der Waals surface area contributed by atoms with Gasteiger partial charge in [0.05, 0.1) is 6.42 Å². The Balaban J connectivity index is 2.72. The fourth-order valence-electron chi connectivity index (χ4n) is 1.26. The van der Waals surface area contributed by atoms with Gasteiger partial charge in [-0.05, 0) is 12.1 Å². The van der Waals surface area contributed by atoms with E-state index in [4.69, 9.17) is 0 Å². The molecule has 86 valence electrons. The monoisotopic (exact) mass is 288 g/mol. The molecule has 0 saturated heterocycles. The maximum absolute atomic E-state index is 13.1. The third-order valence-electron chi connectivity index (χ3n) is 2.03. The van der Waals surface area contributed by atoms with E-state index in [0.717, 1.165) is 10.5 Å². The van der Waals surface area contributed by atoms with Crippen LogP contribution in [-0.4, -0.2) is 11.7 Å². The average molecular weight is 289 g/mol. The molecule has 0 fully saturated rings. The van der Waals surface area contributed by atoms with Crippen molar-refractivity contribution in [3.05, 3.63) is 47.0 Å². The van der Waals surface area contributed by atoms with Gasteiger partial charge >= 0.3 is 0 Å². The van der Waals surface area contributed by atoms with E-state index in [1.54, 1.807) is 12.1 Å². The zero-order valence-electron chi connectivity index (χ0n) is 8.55. The first-order valence-corrected chi connectivity index (χ1v) is 5.51. The van der Waals surface area contributed by atoms with Crippen molar-refractivity contribution in [3.63, 3.8) is 0 Å². The fraction of sp³-hybridized carbons (Fsp3) is 0.250. The molecule has 0 unspecified atom stereocenters. The molecule has 0 aromatic heterocycles. The van der Waals surface area contributed by atoms with Crippen LogP contribution in [0.5, 0.6) is 0 Å². The van der Waals surface area contributed by atoms with Crippen molar-refractivity contribution in [1.29, 1.82) is 0 Å². The molecule has 0 aliphatic heterocycles. The Morgan fingerprint density at radius 2 is 1.94 bits per heavy atom. The second-order valence-electron chi connectivity index (χ2n) is 3.46. The number of hydrogen-bond acceptors (Lipinski definition) is 1. The number of halogens is 3. The predicted molar refractivity (Wildman–Crippen MR) is 62.9 cm³/mol. The van der Waals surface area contributed by atoms with Crippen LogP contribution in [0.25, 0.3) is 0 Å². The zero-order valence-corrected chi connectivity index (χ0v) is 10.1. The van der Waals surface area contributed by atoms with Crippen LogP contribution in [0.3, 0.4) is 0 Å². The predicted octanol–water partition coefficient (Wildman–Crippen LogP) is 4.23. The number of carbonyl (C=O) groups excluding carboxylic acids is 1. The van der Waals surface area contributed by atoms with Crippen LogP contribution in [0.4, 0.5) is 8.78 Å². The number of rotatable bonds is 5. The Labute approximate surface area is 101 Å². The number of ketones is 1. The van der Waals surface area contributed by atoms with E-state index in [2.05, 4.69) is 22.5 Å². The maximum Gasteiger partial charge on any atom is 0.258 e. The van der Waals surface area contributed by atoms with Gasteiger partial charge in [-0.3, -0.25) is 4.79 Å². The summed E-state index contributed by atoms with van der Waals surface area (Å²) in [5.74, 6) is -3.56. The first-order chi connectivity index (χ1) is 7.44. The Kier molecular flexibility index (Phi) is 4.35. The molecular formula is C12H11BrF2O. The first kappa shape index (κ1) is 13.0. The fourth-order valence-corrected chi connectivity index (χ4v) is 1.52. The lowest BCUT2D eigenvalue weighted by Gasteiger charge is -2.12. The van der Waals surface area contributed by atoms with Crippen LogP contribution in [0, 0.1) is 0 Å². The molecule has 1 aromatic carbocycles. The van der Waals surface area contributed by atoms with Gasteiger partial charge in [0.2, 0.25) is 0 Å².